The zero-order chi connectivity index (χ0) is 12.5. The molecule has 2 aromatic heterocycles. The highest BCUT2D eigenvalue weighted by atomic mass is 16.4. The molecule has 3 rings (SSSR count). The fourth-order valence-electron chi connectivity index (χ4n) is 1.93. The van der Waals surface area contributed by atoms with Gasteiger partial charge in [0.05, 0.1) is 5.56 Å². The van der Waals surface area contributed by atoms with Crippen molar-refractivity contribution in [1.29, 1.82) is 0 Å². The van der Waals surface area contributed by atoms with Crippen molar-refractivity contribution in [2.45, 2.75) is 0 Å². The topological polar surface area (TPSA) is 66.0 Å². The maximum absolute atomic E-state index is 10.9. The first kappa shape index (κ1) is 10.5. The largest absolute Gasteiger partial charge is 0.478 e. The van der Waals surface area contributed by atoms with Crippen LogP contribution in [-0.4, -0.2) is 21.0 Å². The Bertz CT molecular complexity index is 731. The number of carboxylic acid groups (broad SMARTS) is 1. The van der Waals surface area contributed by atoms with Gasteiger partial charge in [-0.25, -0.2) is 9.78 Å². The van der Waals surface area contributed by atoms with Crippen molar-refractivity contribution in [2.75, 3.05) is 0 Å². The molecule has 0 unspecified atom stereocenters. The van der Waals surface area contributed by atoms with E-state index in [0.717, 1.165) is 22.2 Å². The summed E-state index contributed by atoms with van der Waals surface area (Å²) in [5, 5.41) is 9.98. The van der Waals surface area contributed by atoms with E-state index in [4.69, 9.17) is 5.11 Å². The summed E-state index contributed by atoms with van der Waals surface area (Å²) in [5.41, 5.74) is 2.87. The van der Waals surface area contributed by atoms with Crippen molar-refractivity contribution >= 4 is 17.0 Å². The van der Waals surface area contributed by atoms with E-state index < -0.39 is 5.97 Å². The molecule has 0 aliphatic rings. The van der Waals surface area contributed by atoms with E-state index >= 15 is 0 Å². The summed E-state index contributed by atoms with van der Waals surface area (Å²) >= 11 is 0. The monoisotopic (exact) mass is 238 g/mol. The van der Waals surface area contributed by atoms with E-state index in [1.54, 1.807) is 24.4 Å². The Kier molecular flexibility index (Phi) is 2.34. The number of aromatic nitrogens is 2. The van der Waals surface area contributed by atoms with Gasteiger partial charge in [-0.1, -0.05) is 12.1 Å². The number of nitrogens with zero attached hydrogens (tertiary/aromatic N) is 1. The minimum Gasteiger partial charge on any atom is -0.478 e. The summed E-state index contributed by atoms with van der Waals surface area (Å²) in [6.45, 7) is 0. The Morgan fingerprint density at radius 1 is 1.17 bits per heavy atom. The number of carbonyl (C=O) groups is 1. The van der Waals surface area contributed by atoms with E-state index in [9.17, 15) is 4.79 Å². The van der Waals surface area contributed by atoms with Crippen molar-refractivity contribution in [3.8, 4) is 11.1 Å². The van der Waals surface area contributed by atoms with Crippen LogP contribution < -0.4 is 0 Å². The minimum atomic E-state index is -0.924. The van der Waals surface area contributed by atoms with E-state index in [-0.39, 0.29) is 5.56 Å². The SMILES string of the molecule is O=C(O)c1cccc(-c2cnc3[nH]ccc3c2)c1. The first-order chi connectivity index (χ1) is 8.74. The molecule has 18 heavy (non-hydrogen) atoms. The molecule has 1 aromatic carbocycles. The van der Waals surface area contributed by atoms with Crippen LogP contribution in [0.3, 0.4) is 0 Å². The predicted molar refractivity (Wildman–Crippen MR) is 68.5 cm³/mol. The van der Waals surface area contributed by atoms with Crippen LogP contribution in [0, 0.1) is 0 Å². The third-order valence-electron chi connectivity index (χ3n) is 2.84. The maximum atomic E-state index is 10.9. The molecule has 4 nitrogen and oxygen atoms in total. The van der Waals surface area contributed by atoms with Crippen molar-refractivity contribution < 1.29 is 9.90 Å². The summed E-state index contributed by atoms with van der Waals surface area (Å²) in [4.78, 5) is 18.2. The van der Waals surface area contributed by atoms with Crippen LogP contribution >= 0.6 is 0 Å². The first-order valence-electron chi connectivity index (χ1n) is 5.51. The number of fused-ring (bicyclic) bond motifs is 1. The van der Waals surface area contributed by atoms with Crippen molar-refractivity contribution in [2.24, 2.45) is 0 Å². The second kappa shape index (κ2) is 4.00. The number of H-pyrrole nitrogens is 1. The number of aromatic amines is 1. The zero-order valence-corrected chi connectivity index (χ0v) is 9.42. The molecule has 0 fully saturated rings. The molecule has 0 amide bonds. The lowest BCUT2D eigenvalue weighted by atomic mass is 10.0. The molecular weight excluding hydrogens is 228 g/mol. The van der Waals surface area contributed by atoms with Gasteiger partial charge in [-0.15, -0.1) is 0 Å². The molecule has 0 bridgehead atoms. The van der Waals surface area contributed by atoms with Gasteiger partial charge in [0, 0.05) is 23.3 Å². The van der Waals surface area contributed by atoms with Crippen LogP contribution in [0.1, 0.15) is 10.4 Å². The van der Waals surface area contributed by atoms with Crippen LogP contribution in [0.5, 0.6) is 0 Å². The number of nitrogens with one attached hydrogen (secondary N) is 1. The lowest BCUT2D eigenvalue weighted by Gasteiger charge is -2.02. The Balaban J connectivity index is 2.13. The quantitative estimate of drug-likeness (QED) is 0.721. The van der Waals surface area contributed by atoms with Gasteiger partial charge in [0.25, 0.3) is 0 Å². The Labute approximate surface area is 103 Å². The Morgan fingerprint density at radius 2 is 2.06 bits per heavy atom. The summed E-state index contributed by atoms with van der Waals surface area (Å²) < 4.78 is 0. The number of aromatic carboxylic acids is 1. The number of hydrogen-bond acceptors (Lipinski definition) is 2. The third kappa shape index (κ3) is 1.73. The molecule has 0 radical (unpaired) electrons. The maximum Gasteiger partial charge on any atom is 0.335 e. The highest BCUT2D eigenvalue weighted by molar-refractivity contribution is 5.90. The lowest BCUT2D eigenvalue weighted by molar-refractivity contribution is 0.0697. The molecule has 4 heteroatoms. The number of carboxylic acids is 1. The second-order valence-electron chi connectivity index (χ2n) is 4.03. The molecule has 0 atom stereocenters. The standard InChI is InChI=1S/C14H10N2O2/c17-14(18)11-3-1-2-9(6-11)12-7-10-4-5-15-13(10)16-8-12/h1-8H,(H,15,16)(H,17,18). The molecule has 3 aromatic rings. The van der Waals surface area contributed by atoms with Gasteiger partial charge < -0.3 is 10.1 Å². The van der Waals surface area contributed by atoms with Crippen molar-refractivity contribution in [3.63, 3.8) is 0 Å². The summed E-state index contributed by atoms with van der Waals surface area (Å²) in [6.07, 6.45) is 3.56. The molecule has 2 heterocycles. The zero-order valence-electron chi connectivity index (χ0n) is 9.42. The van der Waals surface area contributed by atoms with E-state index in [1.165, 1.54) is 0 Å². The molecule has 0 aliphatic carbocycles. The lowest BCUT2D eigenvalue weighted by Crippen LogP contribution is -1.95. The van der Waals surface area contributed by atoms with Crippen LogP contribution in [0.2, 0.25) is 0 Å². The Hall–Kier alpha value is -2.62. The second-order valence-corrected chi connectivity index (χ2v) is 4.03. The molecule has 0 saturated heterocycles. The molecule has 0 spiro atoms. The van der Waals surface area contributed by atoms with Crippen molar-refractivity contribution in [1.82, 2.24) is 9.97 Å². The summed E-state index contributed by atoms with van der Waals surface area (Å²) in [5.74, 6) is -0.924. The molecular formula is C14H10N2O2. The van der Waals surface area contributed by atoms with Gasteiger partial charge in [0.1, 0.15) is 5.65 Å². The van der Waals surface area contributed by atoms with Gasteiger partial charge >= 0.3 is 5.97 Å². The van der Waals surface area contributed by atoms with E-state index in [2.05, 4.69) is 9.97 Å². The Morgan fingerprint density at radius 3 is 2.89 bits per heavy atom. The number of rotatable bonds is 2. The first-order valence-corrected chi connectivity index (χ1v) is 5.51. The fourth-order valence-corrected chi connectivity index (χ4v) is 1.93. The van der Waals surface area contributed by atoms with Crippen LogP contribution in [0.4, 0.5) is 0 Å². The fraction of sp³-hybridized carbons (Fsp3) is 0. The normalized spacial score (nSPS) is 10.7. The highest BCUT2D eigenvalue weighted by Crippen LogP contribution is 2.23. The third-order valence-corrected chi connectivity index (χ3v) is 2.84. The summed E-state index contributed by atoms with van der Waals surface area (Å²) in [6, 6.07) is 10.8. The van der Waals surface area contributed by atoms with Crippen molar-refractivity contribution in [3.05, 3.63) is 54.4 Å². The average Bonchev–Trinajstić information content (AvgIpc) is 2.86. The minimum absolute atomic E-state index is 0.279. The number of benzene rings is 1. The van der Waals surface area contributed by atoms with Gasteiger partial charge in [0.2, 0.25) is 0 Å². The van der Waals surface area contributed by atoms with Gasteiger partial charge in [0.15, 0.2) is 0 Å². The van der Waals surface area contributed by atoms with Gasteiger partial charge in [-0.05, 0) is 29.8 Å². The van der Waals surface area contributed by atoms with Gasteiger partial charge in [-0.2, -0.15) is 0 Å². The smallest absolute Gasteiger partial charge is 0.335 e. The van der Waals surface area contributed by atoms with E-state index in [0.29, 0.717) is 0 Å². The predicted octanol–water partition coefficient (Wildman–Crippen LogP) is 2.93. The average molecular weight is 238 g/mol. The highest BCUT2D eigenvalue weighted by Gasteiger charge is 2.06. The molecule has 0 saturated carbocycles. The van der Waals surface area contributed by atoms with E-state index in [1.807, 2.05) is 24.4 Å². The molecule has 2 N–H and O–H groups in total. The molecule has 88 valence electrons. The van der Waals surface area contributed by atoms with Crippen LogP contribution in [0.15, 0.2) is 48.8 Å². The number of hydrogen-bond donors (Lipinski definition) is 2. The van der Waals surface area contributed by atoms with Crippen LogP contribution in [-0.2, 0) is 0 Å². The summed E-state index contributed by atoms with van der Waals surface area (Å²) in [7, 11) is 0. The molecule has 0 aliphatic heterocycles. The van der Waals surface area contributed by atoms with Crippen LogP contribution in [0.25, 0.3) is 22.2 Å². The number of pyridine rings is 1. The van der Waals surface area contributed by atoms with Gasteiger partial charge in [-0.3, -0.25) is 0 Å².